The van der Waals surface area contributed by atoms with E-state index < -0.39 is 0 Å². The Bertz CT molecular complexity index is 560. The maximum absolute atomic E-state index is 5.37. The fourth-order valence-electron chi connectivity index (χ4n) is 3.07. The van der Waals surface area contributed by atoms with Crippen LogP contribution in [0.15, 0.2) is 23.2 Å². The van der Waals surface area contributed by atoms with E-state index in [9.17, 15) is 0 Å². The van der Waals surface area contributed by atoms with Crippen LogP contribution >= 0.6 is 11.8 Å². The summed E-state index contributed by atoms with van der Waals surface area (Å²) >= 11 is 1.82. The van der Waals surface area contributed by atoms with Gasteiger partial charge in [-0.05, 0) is 37.3 Å². The number of aliphatic imine (C=N–C) groups is 1. The summed E-state index contributed by atoms with van der Waals surface area (Å²) in [5.41, 5.74) is 1.21. The van der Waals surface area contributed by atoms with Gasteiger partial charge in [0.25, 0.3) is 0 Å². The second kappa shape index (κ2) is 11.2. The van der Waals surface area contributed by atoms with Crippen molar-refractivity contribution in [2.24, 2.45) is 4.99 Å². The first-order chi connectivity index (χ1) is 12.7. The van der Waals surface area contributed by atoms with Gasteiger partial charge < -0.3 is 20.1 Å². The van der Waals surface area contributed by atoms with Gasteiger partial charge in [-0.3, -0.25) is 9.89 Å². The van der Waals surface area contributed by atoms with E-state index in [1.807, 2.05) is 17.8 Å². The number of likely N-dealkylation sites (tertiary alicyclic amines) is 1. The molecule has 0 aromatic heterocycles. The monoisotopic (exact) mass is 380 g/mol. The molecule has 1 aliphatic rings. The first kappa shape index (κ1) is 20.7. The van der Waals surface area contributed by atoms with Crippen LogP contribution in [0.4, 0.5) is 0 Å². The Labute approximate surface area is 161 Å². The predicted octanol–water partition coefficient (Wildman–Crippen LogP) is 2.20. The van der Waals surface area contributed by atoms with Gasteiger partial charge in [-0.1, -0.05) is 0 Å². The second-order valence-electron chi connectivity index (χ2n) is 6.34. The molecule has 1 aliphatic heterocycles. The Morgan fingerprint density at radius 3 is 2.62 bits per heavy atom. The highest BCUT2D eigenvalue weighted by Crippen LogP contribution is 2.24. The van der Waals surface area contributed by atoms with Crippen molar-refractivity contribution < 1.29 is 9.47 Å². The zero-order valence-electron chi connectivity index (χ0n) is 16.4. The molecule has 1 heterocycles. The van der Waals surface area contributed by atoms with Crippen molar-refractivity contribution in [2.75, 3.05) is 52.4 Å². The van der Waals surface area contributed by atoms with Gasteiger partial charge in [0.05, 0.1) is 20.8 Å². The highest BCUT2D eigenvalue weighted by atomic mass is 32.2. The molecule has 1 aromatic rings. The maximum atomic E-state index is 5.37. The lowest BCUT2D eigenvalue weighted by Crippen LogP contribution is -2.44. The van der Waals surface area contributed by atoms with Crippen LogP contribution < -0.4 is 20.1 Å². The van der Waals surface area contributed by atoms with E-state index in [0.717, 1.165) is 62.4 Å². The zero-order valence-corrected chi connectivity index (χ0v) is 17.2. The van der Waals surface area contributed by atoms with Crippen LogP contribution in [0.3, 0.4) is 0 Å². The van der Waals surface area contributed by atoms with Crippen LogP contribution in [0.5, 0.6) is 11.5 Å². The molecule has 146 valence electrons. The van der Waals surface area contributed by atoms with Crippen LogP contribution in [0.25, 0.3) is 0 Å². The van der Waals surface area contributed by atoms with Gasteiger partial charge in [-0.15, -0.1) is 0 Å². The molecule has 2 N–H and O–H groups in total. The van der Waals surface area contributed by atoms with E-state index >= 15 is 0 Å². The van der Waals surface area contributed by atoms with Crippen molar-refractivity contribution in [3.63, 3.8) is 0 Å². The number of nitrogens with zero attached hydrogens (tertiary/aromatic N) is 2. The average molecular weight is 381 g/mol. The number of nitrogens with one attached hydrogen (secondary N) is 2. The molecule has 7 heteroatoms. The van der Waals surface area contributed by atoms with E-state index in [-0.39, 0.29) is 0 Å². The van der Waals surface area contributed by atoms with Crippen molar-refractivity contribution >= 4 is 17.7 Å². The minimum Gasteiger partial charge on any atom is -0.497 e. The number of benzene rings is 1. The molecule has 0 amide bonds. The molecular weight excluding hydrogens is 348 g/mol. The lowest BCUT2D eigenvalue weighted by molar-refractivity contribution is 0.321. The number of methoxy groups -OCH3 is 2. The summed E-state index contributed by atoms with van der Waals surface area (Å²) in [6, 6.07) is 6.50. The summed E-state index contributed by atoms with van der Waals surface area (Å²) in [5, 5.41) is 6.92. The van der Waals surface area contributed by atoms with Gasteiger partial charge in [0.1, 0.15) is 11.5 Å². The average Bonchev–Trinajstić information content (AvgIpc) is 3.08. The predicted molar refractivity (Wildman–Crippen MR) is 111 cm³/mol. The van der Waals surface area contributed by atoms with E-state index in [2.05, 4.69) is 45.8 Å². The Morgan fingerprint density at radius 2 is 2.00 bits per heavy atom. The van der Waals surface area contributed by atoms with Crippen molar-refractivity contribution in [2.45, 2.75) is 25.9 Å². The number of rotatable bonds is 9. The van der Waals surface area contributed by atoms with Gasteiger partial charge >= 0.3 is 0 Å². The molecule has 6 nitrogen and oxygen atoms in total. The Hall–Kier alpha value is -1.60. The Morgan fingerprint density at radius 1 is 1.27 bits per heavy atom. The topological polar surface area (TPSA) is 58.1 Å². The molecule has 1 atom stereocenters. The van der Waals surface area contributed by atoms with Gasteiger partial charge in [-0.25, -0.2) is 0 Å². The summed E-state index contributed by atoms with van der Waals surface area (Å²) in [6.07, 6.45) is 3.23. The largest absolute Gasteiger partial charge is 0.497 e. The second-order valence-corrected chi connectivity index (χ2v) is 7.33. The van der Waals surface area contributed by atoms with Crippen LogP contribution in [-0.4, -0.2) is 69.3 Å². The molecule has 0 bridgehead atoms. The third-order valence-corrected chi connectivity index (χ3v) is 4.93. The molecule has 1 saturated heterocycles. The SMILES string of the molecule is CCNC(=NCCSC)NC1CCN(Cc2cc(OC)cc(OC)c2)C1. The third-order valence-electron chi connectivity index (χ3n) is 4.34. The smallest absolute Gasteiger partial charge is 0.191 e. The summed E-state index contributed by atoms with van der Waals surface area (Å²) in [7, 11) is 3.38. The van der Waals surface area contributed by atoms with E-state index in [1.165, 1.54) is 5.56 Å². The van der Waals surface area contributed by atoms with Crippen LogP contribution in [0, 0.1) is 0 Å². The molecule has 1 unspecified atom stereocenters. The molecule has 2 rings (SSSR count). The molecular formula is C19H32N4O2S. The number of ether oxygens (including phenoxy) is 2. The number of guanidine groups is 1. The summed E-state index contributed by atoms with van der Waals surface area (Å²) < 4.78 is 10.7. The van der Waals surface area contributed by atoms with E-state index in [0.29, 0.717) is 6.04 Å². The van der Waals surface area contributed by atoms with E-state index in [1.54, 1.807) is 14.2 Å². The number of thioether (sulfide) groups is 1. The Balaban J connectivity index is 1.90. The van der Waals surface area contributed by atoms with Crippen molar-refractivity contribution in [1.82, 2.24) is 15.5 Å². The fourth-order valence-corrected chi connectivity index (χ4v) is 3.35. The van der Waals surface area contributed by atoms with E-state index in [4.69, 9.17) is 9.47 Å². The molecule has 26 heavy (non-hydrogen) atoms. The standard InChI is InChI=1S/C19H32N4O2S/c1-5-20-19(21-7-9-26-4)22-16-6-8-23(14-16)13-15-10-17(24-2)12-18(11-15)25-3/h10-12,16H,5-9,13-14H2,1-4H3,(H2,20,21,22). The Kier molecular flexibility index (Phi) is 8.91. The highest BCUT2D eigenvalue weighted by molar-refractivity contribution is 7.98. The molecule has 0 aliphatic carbocycles. The van der Waals surface area contributed by atoms with Crippen LogP contribution in [0.2, 0.25) is 0 Å². The maximum Gasteiger partial charge on any atom is 0.191 e. The molecule has 0 spiro atoms. The van der Waals surface area contributed by atoms with Gasteiger partial charge in [0.2, 0.25) is 0 Å². The lowest BCUT2D eigenvalue weighted by atomic mass is 10.2. The molecule has 1 fully saturated rings. The summed E-state index contributed by atoms with van der Waals surface area (Å²) in [5.74, 6) is 3.65. The van der Waals surface area contributed by atoms with Crippen molar-refractivity contribution in [3.8, 4) is 11.5 Å². The first-order valence-corrected chi connectivity index (χ1v) is 10.6. The fraction of sp³-hybridized carbons (Fsp3) is 0.632. The van der Waals surface area contributed by atoms with Gasteiger partial charge in [0.15, 0.2) is 5.96 Å². The molecule has 0 radical (unpaired) electrons. The van der Waals surface area contributed by atoms with Crippen LogP contribution in [-0.2, 0) is 6.54 Å². The van der Waals surface area contributed by atoms with Gasteiger partial charge in [0, 0.05) is 44.0 Å². The number of hydrogen-bond donors (Lipinski definition) is 2. The zero-order chi connectivity index (χ0) is 18.8. The highest BCUT2D eigenvalue weighted by Gasteiger charge is 2.23. The van der Waals surface area contributed by atoms with Crippen LogP contribution in [0.1, 0.15) is 18.9 Å². The normalized spacial score (nSPS) is 18.0. The summed E-state index contributed by atoms with van der Waals surface area (Å²) in [6.45, 7) is 6.80. The third kappa shape index (κ3) is 6.61. The summed E-state index contributed by atoms with van der Waals surface area (Å²) in [4.78, 5) is 7.10. The minimum atomic E-state index is 0.426. The quantitative estimate of drug-likeness (QED) is 0.389. The van der Waals surface area contributed by atoms with Gasteiger partial charge in [-0.2, -0.15) is 11.8 Å². The van der Waals surface area contributed by atoms with Crippen molar-refractivity contribution in [3.05, 3.63) is 23.8 Å². The number of hydrogen-bond acceptors (Lipinski definition) is 5. The lowest BCUT2D eigenvalue weighted by Gasteiger charge is -2.19. The molecule has 0 saturated carbocycles. The first-order valence-electron chi connectivity index (χ1n) is 9.16. The van der Waals surface area contributed by atoms with Crippen molar-refractivity contribution in [1.29, 1.82) is 0 Å². The molecule has 1 aromatic carbocycles. The minimum absolute atomic E-state index is 0.426.